The van der Waals surface area contributed by atoms with Crippen LogP contribution in [0.5, 0.6) is 0 Å². The zero-order chi connectivity index (χ0) is 27.9. The van der Waals surface area contributed by atoms with E-state index in [-0.39, 0.29) is 23.7 Å². The van der Waals surface area contributed by atoms with Crippen LogP contribution < -0.4 is 0 Å². The van der Waals surface area contributed by atoms with Crippen LogP contribution in [0.3, 0.4) is 0 Å². The second-order valence-corrected chi connectivity index (χ2v) is 11.8. The van der Waals surface area contributed by atoms with Crippen LogP contribution in [-0.4, -0.2) is 33.8 Å². The Morgan fingerprint density at radius 1 is 1.13 bits per heavy atom. The molecule has 0 heterocycles. The van der Waals surface area contributed by atoms with Gasteiger partial charge in [-0.25, -0.2) is 4.39 Å². The van der Waals surface area contributed by atoms with Gasteiger partial charge in [-0.3, -0.25) is 14.6 Å². The molecule has 1 saturated carbocycles. The lowest BCUT2D eigenvalue weighted by molar-refractivity contribution is -0.137. The van der Waals surface area contributed by atoms with Crippen LogP contribution in [0.1, 0.15) is 102 Å². The molecule has 2 aromatic carbocycles. The van der Waals surface area contributed by atoms with Gasteiger partial charge in [0.15, 0.2) is 0 Å². The Morgan fingerprint density at radius 2 is 1.74 bits per heavy atom. The lowest BCUT2D eigenvalue weighted by Gasteiger charge is -2.49. The zero-order valence-electron chi connectivity index (χ0n) is 23.5. The molecular formula is C32H43FN2O3. The summed E-state index contributed by atoms with van der Waals surface area (Å²) in [6.45, 7) is 10.9. The maximum Gasteiger partial charge on any atom is 0.303 e. The number of amides is 1. The zero-order valence-corrected chi connectivity index (χ0v) is 23.5. The van der Waals surface area contributed by atoms with E-state index in [0.29, 0.717) is 12.3 Å². The lowest BCUT2D eigenvalue weighted by atomic mass is 9.69. The number of carboxylic acid groups (broad SMARTS) is 1. The van der Waals surface area contributed by atoms with E-state index >= 15 is 0 Å². The number of aliphatic carboxylic acids is 1. The van der Waals surface area contributed by atoms with Crippen LogP contribution in [0.2, 0.25) is 0 Å². The van der Waals surface area contributed by atoms with Gasteiger partial charge in [0.25, 0.3) is 0 Å². The van der Waals surface area contributed by atoms with Crippen LogP contribution in [0.4, 0.5) is 4.39 Å². The van der Waals surface area contributed by atoms with Gasteiger partial charge in [0.1, 0.15) is 11.5 Å². The first-order valence-corrected chi connectivity index (χ1v) is 13.9. The summed E-state index contributed by atoms with van der Waals surface area (Å²) in [6, 6.07) is 14.2. The number of benzene rings is 2. The highest BCUT2D eigenvalue weighted by molar-refractivity contribution is 5.99. The number of rotatable bonds is 11. The third-order valence-corrected chi connectivity index (χ3v) is 8.13. The minimum Gasteiger partial charge on any atom is -0.481 e. The number of aliphatic imine (C=N–C) groups is 1. The van der Waals surface area contributed by atoms with E-state index in [1.807, 2.05) is 36.1 Å². The van der Waals surface area contributed by atoms with Crippen LogP contribution >= 0.6 is 0 Å². The molecule has 1 aliphatic carbocycles. The number of hydrogen-bond acceptors (Lipinski definition) is 3. The Bertz CT molecular complexity index is 1100. The van der Waals surface area contributed by atoms with Crippen molar-refractivity contribution in [2.24, 2.45) is 16.3 Å². The van der Waals surface area contributed by atoms with Crippen molar-refractivity contribution in [3.05, 3.63) is 71.0 Å². The van der Waals surface area contributed by atoms with Gasteiger partial charge >= 0.3 is 5.97 Å². The third kappa shape index (κ3) is 7.30. The summed E-state index contributed by atoms with van der Waals surface area (Å²) in [6.07, 6.45) is 6.71. The first kappa shape index (κ1) is 29.5. The molecule has 2 aromatic rings. The highest BCUT2D eigenvalue weighted by Crippen LogP contribution is 2.47. The summed E-state index contributed by atoms with van der Waals surface area (Å²) in [7, 11) is 0. The highest BCUT2D eigenvalue weighted by Gasteiger charge is 2.45. The summed E-state index contributed by atoms with van der Waals surface area (Å²) in [4.78, 5) is 31.1. The van der Waals surface area contributed by atoms with E-state index in [0.717, 1.165) is 67.3 Å². The van der Waals surface area contributed by atoms with Crippen molar-refractivity contribution < 1.29 is 19.1 Å². The molecule has 1 fully saturated rings. The molecule has 1 aliphatic rings. The molecule has 1 unspecified atom stereocenters. The molecule has 38 heavy (non-hydrogen) atoms. The summed E-state index contributed by atoms with van der Waals surface area (Å²) in [5.41, 5.74) is 3.14. The van der Waals surface area contributed by atoms with Gasteiger partial charge < -0.3 is 10.0 Å². The first-order chi connectivity index (χ1) is 18.0. The Kier molecular flexibility index (Phi) is 9.86. The SMILES string of the molecule is CCCC(c1ccc(CCC(=O)O)cc1)N(C=O)C1(/N=C(\C)c2ccc(F)cc2)CCC(C(C)(C)C)CC1. The molecule has 0 aliphatic heterocycles. The van der Waals surface area contributed by atoms with Crippen molar-refractivity contribution in [1.82, 2.24) is 4.90 Å². The van der Waals surface area contributed by atoms with E-state index < -0.39 is 11.6 Å². The van der Waals surface area contributed by atoms with Gasteiger partial charge in [-0.2, -0.15) is 0 Å². The summed E-state index contributed by atoms with van der Waals surface area (Å²) >= 11 is 0. The van der Waals surface area contributed by atoms with E-state index in [2.05, 4.69) is 27.7 Å². The quantitative estimate of drug-likeness (QED) is 0.244. The predicted molar refractivity (Wildman–Crippen MR) is 151 cm³/mol. The number of halogens is 1. The molecule has 1 N–H and O–H groups in total. The largest absolute Gasteiger partial charge is 0.481 e. The highest BCUT2D eigenvalue weighted by atomic mass is 19.1. The predicted octanol–water partition coefficient (Wildman–Crippen LogP) is 7.58. The molecular weight excluding hydrogens is 479 g/mol. The van der Waals surface area contributed by atoms with Gasteiger partial charge in [-0.1, -0.05) is 70.5 Å². The number of carbonyl (C=O) groups is 2. The molecule has 6 heteroatoms. The Hall–Kier alpha value is -3.02. The molecule has 1 amide bonds. The standard InChI is InChI=1S/C32H43FN2O3/c1-6-7-29(26-11-8-24(9-12-26)10-17-30(37)38)35(22-36)32(20-18-27(19-21-32)31(3,4)5)34-23(2)25-13-15-28(33)16-14-25/h8-9,11-16,22,27,29H,6-7,10,17-21H2,1-5H3,(H,37,38)/b34-23+. The molecule has 0 bridgehead atoms. The number of carboxylic acids is 1. The molecule has 0 spiro atoms. The van der Waals surface area contributed by atoms with Gasteiger partial charge in [0.2, 0.25) is 6.41 Å². The molecule has 5 nitrogen and oxygen atoms in total. The van der Waals surface area contributed by atoms with Crippen molar-refractivity contribution >= 4 is 18.1 Å². The number of aryl methyl sites for hydroxylation is 1. The molecule has 0 saturated heterocycles. The van der Waals surface area contributed by atoms with Crippen molar-refractivity contribution in [3.63, 3.8) is 0 Å². The van der Waals surface area contributed by atoms with E-state index in [1.54, 1.807) is 12.1 Å². The Morgan fingerprint density at radius 3 is 2.24 bits per heavy atom. The first-order valence-electron chi connectivity index (χ1n) is 13.9. The third-order valence-electron chi connectivity index (χ3n) is 8.13. The number of nitrogens with zero attached hydrogens (tertiary/aromatic N) is 2. The van der Waals surface area contributed by atoms with Gasteiger partial charge in [-0.05, 0) is 85.6 Å². The molecule has 0 aromatic heterocycles. The summed E-state index contributed by atoms with van der Waals surface area (Å²) in [5, 5.41) is 9.03. The van der Waals surface area contributed by atoms with Crippen LogP contribution in [0.15, 0.2) is 53.5 Å². The van der Waals surface area contributed by atoms with E-state index in [4.69, 9.17) is 10.1 Å². The Balaban J connectivity index is 2.02. The normalized spacial score (nSPS) is 21.1. The van der Waals surface area contributed by atoms with E-state index in [9.17, 15) is 14.0 Å². The van der Waals surface area contributed by atoms with Gasteiger partial charge in [0.05, 0.1) is 6.04 Å². The Labute approximate surface area is 227 Å². The van der Waals surface area contributed by atoms with Gasteiger partial charge in [0, 0.05) is 12.1 Å². The monoisotopic (exact) mass is 522 g/mol. The van der Waals surface area contributed by atoms with Crippen molar-refractivity contribution in [3.8, 4) is 0 Å². The van der Waals surface area contributed by atoms with Crippen LogP contribution in [0.25, 0.3) is 0 Å². The van der Waals surface area contributed by atoms with Crippen molar-refractivity contribution in [2.45, 2.75) is 97.7 Å². The van der Waals surface area contributed by atoms with E-state index in [1.165, 1.54) is 12.1 Å². The average molecular weight is 523 g/mol. The second-order valence-electron chi connectivity index (χ2n) is 11.8. The van der Waals surface area contributed by atoms with Crippen molar-refractivity contribution in [2.75, 3.05) is 0 Å². The maximum absolute atomic E-state index is 13.6. The topological polar surface area (TPSA) is 70.0 Å². The molecule has 206 valence electrons. The van der Waals surface area contributed by atoms with Crippen molar-refractivity contribution in [1.29, 1.82) is 0 Å². The minimum atomic E-state index is -0.813. The smallest absolute Gasteiger partial charge is 0.303 e. The average Bonchev–Trinajstić information content (AvgIpc) is 2.88. The second kappa shape index (κ2) is 12.7. The fourth-order valence-corrected chi connectivity index (χ4v) is 5.80. The van der Waals surface area contributed by atoms with Crippen LogP contribution in [0, 0.1) is 17.2 Å². The minimum absolute atomic E-state index is 0.0909. The fraction of sp³-hybridized carbons (Fsp3) is 0.531. The van der Waals surface area contributed by atoms with Crippen LogP contribution in [-0.2, 0) is 16.0 Å². The summed E-state index contributed by atoms with van der Waals surface area (Å²) in [5.74, 6) is -0.554. The maximum atomic E-state index is 13.6. The number of carbonyl (C=O) groups excluding carboxylic acids is 1. The molecule has 0 radical (unpaired) electrons. The summed E-state index contributed by atoms with van der Waals surface area (Å²) < 4.78 is 13.6. The molecule has 1 atom stereocenters. The van der Waals surface area contributed by atoms with Gasteiger partial charge in [-0.15, -0.1) is 0 Å². The lowest BCUT2D eigenvalue weighted by Crippen LogP contribution is -2.52. The molecule has 3 rings (SSSR count). The number of hydrogen-bond donors (Lipinski definition) is 1. The fourth-order valence-electron chi connectivity index (χ4n) is 5.80.